The number of carboxylic acid groups (broad SMARTS) is 1. The van der Waals surface area contributed by atoms with Gasteiger partial charge in [-0.15, -0.1) is 0 Å². The molecule has 19 heavy (non-hydrogen) atoms. The predicted octanol–water partition coefficient (Wildman–Crippen LogP) is 1.50. The van der Waals surface area contributed by atoms with E-state index in [2.05, 4.69) is 16.9 Å². The summed E-state index contributed by atoms with van der Waals surface area (Å²) in [5, 5.41) is 9.36. The molecule has 0 aromatic carbocycles. The van der Waals surface area contributed by atoms with Crippen LogP contribution in [0, 0.1) is 11.8 Å². The molecule has 2 rings (SSSR count). The number of piperidine rings is 1. The van der Waals surface area contributed by atoms with E-state index < -0.39 is 11.9 Å². The highest BCUT2D eigenvalue weighted by Gasteiger charge is 2.31. The van der Waals surface area contributed by atoms with Crippen LogP contribution in [0.25, 0.3) is 0 Å². The molecule has 0 amide bonds. The molecule has 1 atom stereocenters. The summed E-state index contributed by atoms with van der Waals surface area (Å²) >= 11 is 0. The van der Waals surface area contributed by atoms with Gasteiger partial charge in [-0.1, -0.05) is 0 Å². The SMILES string of the molecule is CN1CCC(C(COc2cccnc2)C(=O)O)CC1. The van der Waals surface area contributed by atoms with Crippen molar-refractivity contribution in [3.8, 4) is 5.75 Å². The number of hydrogen-bond donors (Lipinski definition) is 1. The molecule has 0 aliphatic carbocycles. The van der Waals surface area contributed by atoms with E-state index in [1.165, 1.54) is 0 Å². The van der Waals surface area contributed by atoms with Gasteiger partial charge in [0.05, 0.1) is 12.1 Å². The number of carboxylic acids is 1. The Morgan fingerprint density at radius 1 is 1.58 bits per heavy atom. The Morgan fingerprint density at radius 2 is 2.32 bits per heavy atom. The molecule has 1 fully saturated rings. The van der Waals surface area contributed by atoms with E-state index in [4.69, 9.17) is 4.74 Å². The van der Waals surface area contributed by atoms with Crippen LogP contribution in [0.5, 0.6) is 5.75 Å². The Balaban J connectivity index is 1.91. The highest BCUT2D eigenvalue weighted by Crippen LogP contribution is 2.25. The molecule has 1 aliphatic heterocycles. The molecule has 1 unspecified atom stereocenters. The number of rotatable bonds is 5. The Labute approximate surface area is 113 Å². The highest BCUT2D eigenvalue weighted by atomic mass is 16.5. The van der Waals surface area contributed by atoms with Crippen molar-refractivity contribution < 1.29 is 14.6 Å². The van der Waals surface area contributed by atoms with Gasteiger partial charge >= 0.3 is 5.97 Å². The number of carbonyl (C=O) groups is 1. The fourth-order valence-electron chi connectivity index (χ4n) is 2.46. The summed E-state index contributed by atoms with van der Waals surface area (Å²) in [7, 11) is 2.07. The number of hydrogen-bond acceptors (Lipinski definition) is 4. The minimum atomic E-state index is -0.765. The largest absolute Gasteiger partial charge is 0.491 e. The standard InChI is InChI=1S/C14H20N2O3/c1-16-7-4-11(5-8-16)13(14(17)18)10-19-12-3-2-6-15-9-12/h2-3,6,9,11,13H,4-5,7-8,10H2,1H3,(H,17,18). The first-order valence-corrected chi connectivity index (χ1v) is 6.61. The molecule has 2 heterocycles. The molecule has 104 valence electrons. The van der Waals surface area contributed by atoms with E-state index in [0.29, 0.717) is 5.75 Å². The van der Waals surface area contributed by atoms with Crippen LogP contribution in [0.15, 0.2) is 24.5 Å². The molecule has 1 N–H and O–H groups in total. The predicted molar refractivity (Wildman–Crippen MR) is 71.1 cm³/mol. The molecular weight excluding hydrogens is 244 g/mol. The third-order valence-corrected chi connectivity index (χ3v) is 3.71. The van der Waals surface area contributed by atoms with Gasteiger partial charge < -0.3 is 14.7 Å². The van der Waals surface area contributed by atoms with E-state index in [0.717, 1.165) is 25.9 Å². The normalized spacial score (nSPS) is 19.0. The molecule has 5 nitrogen and oxygen atoms in total. The summed E-state index contributed by atoms with van der Waals surface area (Å²) < 4.78 is 5.55. The van der Waals surface area contributed by atoms with Crippen molar-refractivity contribution in [1.82, 2.24) is 9.88 Å². The molecule has 0 radical (unpaired) electrons. The Hall–Kier alpha value is -1.62. The lowest BCUT2D eigenvalue weighted by Crippen LogP contribution is -2.38. The Kier molecular flexibility index (Phi) is 4.74. The maximum atomic E-state index is 11.4. The maximum Gasteiger partial charge on any atom is 0.310 e. The van der Waals surface area contributed by atoms with Crippen LogP contribution in [0.3, 0.4) is 0 Å². The fraction of sp³-hybridized carbons (Fsp3) is 0.571. The van der Waals surface area contributed by atoms with Gasteiger partial charge in [0.2, 0.25) is 0 Å². The van der Waals surface area contributed by atoms with Gasteiger partial charge in [-0.2, -0.15) is 0 Å². The molecule has 1 aliphatic rings. The summed E-state index contributed by atoms with van der Waals surface area (Å²) in [4.78, 5) is 17.6. The van der Waals surface area contributed by atoms with E-state index in [-0.39, 0.29) is 12.5 Å². The number of nitrogens with zero attached hydrogens (tertiary/aromatic N) is 2. The molecule has 0 bridgehead atoms. The lowest BCUT2D eigenvalue weighted by molar-refractivity contribution is -0.145. The first kappa shape index (κ1) is 13.8. The summed E-state index contributed by atoms with van der Waals surface area (Å²) in [6.45, 7) is 2.14. The molecule has 0 saturated carbocycles. The first-order chi connectivity index (χ1) is 9.16. The zero-order valence-corrected chi connectivity index (χ0v) is 11.2. The summed E-state index contributed by atoms with van der Waals surface area (Å²) in [6.07, 6.45) is 5.11. The third-order valence-electron chi connectivity index (χ3n) is 3.71. The zero-order valence-electron chi connectivity index (χ0n) is 11.2. The smallest absolute Gasteiger partial charge is 0.310 e. The zero-order chi connectivity index (χ0) is 13.7. The lowest BCUT2D eigenvalue weighted by Gasteiger charge is -2.32. The lowest BCUT2D eigenvalue weighted by atomic mass is 9.85. The number of likely N-dealkylation sites (tertiary alicyclic amines) is 1. The van der Waals surface area contributed by atoms with Crippen LogP contribution in [0.2, 0.25) is 0 Å². The minimum Gasteiger partial charge on any atom is -0.491 e. The molecule has 1 saturated heterocycles. The molecule has 0 spiro atoms. The quantitative estimate of drug-likeness (QED) is 0.873. The van der Waals surface area contributed by atoms with Crippen molar-refractivity contribution in [2.24, 2.45) is 11.8 Å². The highest BCUT2D eigenvalue weighted by molar-refractivity contribution is 5.70. The average molecular weight is 264 g/mol. The van der Waals surface area contributed by atoms with Gasteiger partial charge in [0, 0.05) is 6.20 Å². The van der Waals surface area contributed by atoms with Crippen LogP contribution < -0.4 is 4.74 Å². The first-order valence-electron chi connectivity index (χ1n) is 6.61. The van der Waals surface area contributed by atoms with Crippen LogP contribution in [-0.4, -0.2) is 47.7 Å². The number of aromatic nitrogens is 1. The van der Waals surface area contributed by atoms with Crippen molar-refractivity contribution in [3.63, 3.8) is 0 Å². The van der Waals surface area contributed by atoms with Gasteiger partial charge in [-0.3, -0.25) is 9.78 Å². The summed E-state index contributed by atoms with van der Waals surface area (Å²) in [5.74, 6) is -0.376. The number of pyridine rings is 1. The number of ether oxygens (including phenoxy) is 1. The Bertz CT molecular complexity index is 402. The Morgan fingerprint density at radius 3 is 2.89 bits per heavy atom. The van der Waals surface area contributed by atoms with Crippen LogP contribution >= 0.6 is 0 Å². The van der Waals surface area contributed by atoms with Gasteiger partial charge in [-0.25, -0.2) is 0 Å². The second-order valence-corrected chi connectivity index (χ2v) is 5.09. The minimum absolute atomic E-state index is 0.199. The van der Waals surface area contributed by atoms with Gasteiger partial charge in [-0.05, 0) is 51.0 Å². The van der Waals surface area contributed by atoms with Gasteiger partial charge in [0.1, 0.15) is 12.4 Å². The maximum absolute atomic E-state index is 11.4. The van der Waals surface area contributed by atoms with E-state index >= 15 is 0 Å². The molecule has 1 aromatic heterocycles. The monoisotopic (exact) mass is 264 g/mol. The second-order valence-electron chi connectivity index (χ2n) is 5.09. The van der Waals surface area contributed by atoms with Gasteiger partial charge in [0.15, 0.2) is 0 Å². The van der Waals surface area contributed by atoms with E-state index in [1.54, 1.807) is 24.5 Å². The third kappa shape index (κ3) is 3.92. The molecular formula is C14H20N2O3. The number of aliphatic carboxylic acids is 1. The van der Waals surface area contributed by atoms with Crippen molar-refractivity contribution in [3.05, 3.63) is 24.5 Å². The van der Waals surface area contributed by atoms with E-state index in [9.17, 15) is 9.90 Å². The van der Waals surface area contributed by atoms with Crippen molar-refractivity contribution in [1.29, 1.82) is 0 Å². The van der Waals surface area contributed by atoms with Gasteiger partial charge in [0.25, 0.3) is 0 Å². The average Bonchev–Trinajstić information content (AvgIpc) is 2.42. The van der Waals surface area contributed by atoms with E-state index in [1.807, 2.05) is 0 Å². The van der Waals surface area contributed by atoms with Crippen molar-refractivity contribution in [2.75, 3.05) is 26.7 Å². The summed E-state index contributed by atoms with van der Waals surface area (Å²) in [6, 6.07) is 3.57. The second kappa shape index (κ2) is 6.52. The fourth-order valence-corrected chi connectivity index (χ4v) is 2.46. The van der Waals surface area contributed by atoms with Crippen molar-refractivity contribution >= 4 is 5.97 Å². The van der Waals surface area contributed by atoms with Crippen LogP contribution in [-0.2, 0) is 4.79 Å². The summed E-state index contributed by atoms with van der Waals surface area (Å²) in [5.41, 5.74) is 0. The van der Waals surface area contributed by atoms with Crippen molar-refractivity contribution in [2.45, 2.75) is 12.8 Å². The van der Waals surface area contributed by atoms with Crippen LogP contribution in [0.4, 0.5) is 0 Å². The topological polar surface area (TPSA) is 62.7 Å². The molecule has 5 heteroatoms. The van der Waals surface area contributed by atoms with Crippen LogP contribution in [0.1, 0.15) is 12.8 Å². The molecule has 1 aromatic rings.